The number of ether oxygens (including phenoxy) is 1. The summed E-state index contributed by atoms with van der Waals surface area (Å²) in [5.41, 5.74) is 2.99. The van der Waals surface area contributed by atoms with Gasteiger partial charge in [0.2, 0.25) is 0 Å². The minimum atomic E-state index is -4.44. The van der Waals surface area contributed by atoms with Crippen LogP contribution in [-0.4, -0.2) is 42.6 Å². The lowest BCUT2D eigenvalue weighted by molar-refractivity contribution is -0.155. The van der Waals surface area contributed by atoms with Crippen LogP contribution in [0.5, 0.6) is 0 Å². The van der Waals surface area contributed by atoms with Crippen molar-refractivity contribution in [2.24, 2.45) is 5.92 Å². The number of nitrogens with one attached hydrogen (secondary N) is 1. The van der Waals surface area contributed by atoms with Crippen molar-refractivity contribution >= 4 is 29.2 Å². The van der Waals surface area contributed by atoms with Crippen LogP contribution in [-0.2, 0) is 20.5 Å². The molecule has 2 N–H and O–H groups in total. The third-order valence-corrected chi connectivity index (χ3v) is 6.94. The number of anilines is 2. The first kappa shape index (κ1) is 28.7. The Kier molecular flexibility index (Phi) is 8.77. The highest BCUT2D eigenvalue weighted by molar-refractivity contribution is 6.09. The highest BCUT2D eigenvalue weighted by Gasteiger charge is 2.30. The van der Waals surface area contributed by atoms with Gasteiger partial charge in [0.1, 0.15) is 0 Å². The molecule has 0 aromatic heterocycles. The molecule has 1 fully saturated rings. The number of carbonyl (C=O) groups is 3. The molecule has 10 heteroatoms. The molecule has 40 heavy (non-hydrogen) atoms. The van der Waals surface area contributed by atoms with E-state index < -0.39 is 30.3 Å². The summed E-state index contributed by atoms with van der Waals surface area (Å²) in [5, 5.41) is 11.5. The molecule has 210 valence electrons. The Bertz CT molecular complexity index is 1360. The lowest BCUT2D eigenvalue weighted by Crippen LogP contribution is -2.34. The summed E-state index contributed by atoms with van der Waals surface area (Å²) in [7, 11) is 0. The molecule has 1 aliphatic heterocycles. The van der Waals surface area contributed by atoms with Crippen molar-refractivity contribution in [3.05, 3.63) is 83.4 Å². The second-order valence-corrected chi connectivity index (χ2v) is 9.76. The van der Waals surface area contributed by atoms with Gasteiger partial charge in [-0.3, -0.25) is 9.59 Å². The number of carboxylic acids is 1. The zero-order valence-electron chi connectivity index (χ0n) is 21.8. The van der Waals surface area contributed by atoms with Crippen LogP contribution in [0.1, 0.15) is 40.7 Å². The zero-order chi connectivity index (χ0) is 28.9. The van der Waals surface area contributed by atoms with Crippen molar-refractivity contribution in [1.29, 1.82) is 0 Å². The number of carbonyl (C=O) groups excluding carboxylic acids is 2. The largest absolute Gasteiger partial charge is 0.479 e. The molecule has 1 saturated heterocycles. The number of rotatable bonds is 8. The number of nitrogens with zero attached hydrogens (tertiary/aromatic N) is 1. The Morgan fingerprint density at radius 1 is 0.975 bits per heavy atom. The Morgan fingerprint density at radius 3 is 2.23 bits per heavy atom. The van der Waals surface area contributed by atoms with E-state index in [4.69, 9.17) is 9.84 Å². The topological polar surface area (TPSA) is 95.9 Å². The zero-order valence-corrected chi connectivity index (χ0v) is 21.8. The standard InChI is InChI=1S/C30H29F3N2O5/c1-19-3-2-4-25(28(19)21-5-7-22(8-6-21)30(31,32)33)29(39)34-23-9-11-24(12-10-23)35-15-13-20(14-16-35)17-27(38)40-18-26(36)37/h2-12,20H,13-18H2,1H3,(H,34,39)(H,36,37). The molecule has 1 heterocycles. The Labute approximate surface area is 229 Å². The molecule has 0 atom stereocenters. The maximum atomic E-state index is 13.2. The van der Waals surface area contributed by atoms with E-state index in [9.17, 15) is 27.6 Å². The molecular formula is C30H29F3N2O5. The summed E-state index contributed by atoms with van der Waals surface area (Å²) in [4.78, 5) is 37.7. The van der Waals surface area contributed by atoms with Gasteiger partial charge in [-0.15, -0.1) is 0 Å². The van der Waals surface area contributed by atoms with Crippen molar-refractivity contribution < 1.29 is 37.4 Å². The molecule has 0 bridgehead atoms. The number of carboxylic acid groups (broad SMARTS) is 1. The summed E-state index contributed by atoms with van der Waals surface area (Å²) in [5.74, 6) is -1.93. The quantitative estimate of drug-likeness (QED) is 0.324. The van der Waals surface area contributed by atoms with Crippen LogP contribution >= 0.6 is 0 Å². The molecule has 1 amide bonds. The average Bonchev–Trinajstić information content (AvgIpc) is 2.92. The number of aryl methyl sites for hydroxylation is 1. The van der Waals surface area contributed by atoms with Gasteiger partial charge < -0.3 is 20.1 Å². The number of amides is 1. The van der Waals surface area contributed by atoms with Gasteiger partial charge in [0.05, 0.1) is 5.56 Å². The molecule has 1 aliphatic rings. The van der Waals surface area contributed by atoms with Crippen LogP contribution in [0.3, 0.4) is 0 Å². The second-order valence-electron chi connectivity index (χ2n) is 9.76. The number of alkyl halides is 3. The van der Waals surface area contributed by atoms with Crippen LogP contribution in [0.4, 0.5) is 24.5 Å². The van der Waals surface area contributed by atoms with Crippen molar-refractivity contribution in [2.75, 3.05) is 29.9 Å². The predicted octanol–water partition coefficient (Wildman–Crippen LogP) is 6.17. The minimum absolute atomic E-state index is 0.129. The van der Waals surface area contributed by atoms with E-state index in [-0.39, 0.29) is 18.2 Å². The van der Waals surface area contributed by atoms with Crippen LogP contribution in [0, 0.1) is 12.8 Å². The summed E-state index contributed by atoms with van der Waals surface area (Å²) in [6.45, 7) is 2.63. The van der Waals surface area contributed by atoms with Gasteiger partial charge in [-0.05, 0) is 84.8 Å². The molecule has 4 rings (SSSR count). The van der Waals surface area contributed by atoms with Crippen LogP contribution < -0.4 is 10.2 Å². The average molecular weight is 555 g/mol. The molecule has 3 aromatic rings. The first-order valence-electron chi connectivity index (χ1n) is 12.8. The van der Waals surface area contributed by atoms with Crippen LogP contribution in [0.2, 0.25) is 0 Å². The fourth-order valence-corrected chi connectivity index (χ4v) is 4.85. The van der Waals surface area contributed by atoms with Gasteiger partial charge in [0.15, 0.2) is 6.61 Å². The molecule has 0 saturated carbocycles. The van der Waals surface area contributed by atoms with Gasteiger partial charge in [-0.25, -0.2) is 4.79 Å². The lowest BCUT2D eigenvalue weighted by atomic mass is 9.93. The molecule has 3 aromatic carbocycles. The van der Waals surface area contributed by atoms with Gasteiger partial charge in [0.25, 0.3) is 5.91 Å². The van der Waals surface area contributed by atoms with E-state index in [0.29, 0.717) is 22.4 Å². The van der Waals surface area contributed by atoms with Crippen molar-refractivity contribution in [3.63, 3.8) is 0 Å². The van der Waals surface area contributed by atoms with E-state index in [1.165, 1.54) is 12.1 Å². The lowest BCUT2D eigenvalue weighted by Gasteiger charge is -2.33. The van der Waals surface area contributed by atoms with Gasteiger partial charge in [-0.2, -0.15) is 13.2 Å². The van der Waals surface area contributed by atoms with E-state index in [1.54, 1.807) is 37.3 Å². The fraction of sp³-hybridized carbons (Fsp3) is 0.300. The first-order valence-corrected chi connectivity index (χ1v) is 12.8. The maximum Gasteiger partial charge on any atom is 0.416 e. The number of benzene rings is 3. The highest BCUT2D eigenvalue weighted by Crippen LogP contribution is 2.33. The summed E-state index contributed by atoms with van der Waals surface area (Å²) >= 11 is 0. The fourth-order valence-electron chi connectivity index (χ4n) is 4.85. The molecule has 0 unspecified atom stereocenters. The monoisotopic (exact) mass is 554 g/mol. The normalized spacial score (nSPS) is 14.1. The van der Waals surface area contributed by atoms with Crippen LogP contribution in [0.15, 0.2) is 66.7 Å². The minimum Gasteiger partial charge on any atom is -0.479 e. The number of aliphatic carboxylic acids is 1. The molecule has 0 aliphatic carbocycles. The third kappa shape index (κ3) is 7.19. The van der Waals surface area contributed by atoms with Crippen molar-refractivity contribution in [2.45, 2.75) is 32.4 Å². The summed E-state index contributed by atoms with van der Waals surface area (Å²) in [6.07, 6.45) is -2.72. The molecular weight excluding hydrogens is 525 g/mol. The Balaban J connectivity index is 1.38. The summed E-state index contributed by atoms with van der Waals surface area (Å²) in [6, 6.07) is 17.3. The molecule has 7 nitrogen and oxygen atoms in total. The van der Waals surface area contributed by atoms with Crippen molar-refractivity contribution in [3.8, 4) is 11.1 Å². The predicted molar refractivity (Wildman–Crippen MR) is 144 cm³/mol. The number of esters is 1. The van der Waals surface area contributed by atoms with Crippen molar-refractivity contribution in [1.82, 2.24) is 0 Å². The van der Waals surface area contributed by atoms with E-state index in [2.05, 4.69) is 10.2 Å². The van der Waals surface area contributed by atoms with Gasteiger partial charge in [0, 0.05) is 36.4 Å². The Hall–Kier alpha value is -4.34. The smallest absolute Gasteiger partial charge is 0.416 e. The van der Waals surface area contributed by atoms with Crippen LogP contribution in [0.25, 0.3) is 11.1 Å². The molecule has 0 spiro atoms. The highest BCUT2D eigenvalue weighted by atomic mass is 19.4. The third-order valence-electron chi connectivity index (χ3n) is 6.94. The first-order chi connectivity index (χ1) is 19.0. The second kappa shape index (κ2) is 12.2. The number of hydrogen-bond acceptors (Lipinski definition) is 5. The maximum absolute atomic E-state index is 13.2. The van der Waals surface area contributed by atoms with Gasteiger partial charge in [-0.1, -0.05) is 24.3 Å². The summed E-state index contributed by atoms with van der Waals surface area (Å²) < 4.78 is 43.7. The number of hydrogen-bond donors (Lipinski definition) is 2. The van der Waals surface area contributed by atoms with E-state index in [1.807, 2.05) is 12.1 Å². The van der Waals surface area contributed by atoms with Gasteiger partial charge >= 0.3 is 18.1 Å². The Morgan fingerprint density at radius 2 is 1.62 bits per heavy atom. The number of halogens is 3. The van der Waals surface area contributed by atoms with E-state index >= 15 is 0 Å². The SMILES string of the molecule is Cc1cccc(C(=O)Nc2ccc(N3CCC(CC(=O)OCC(=O)O)CC3)cc2)c1-c1ccc(C(F)(F)F)cc1. The number of piperidine rings is 1. The van der Waals surface area contributed by atoms with E-state index in [0.717, 1.165) is 49.3 Å². The molecule has 0 radical (unpaired) electrons.